The fourth-order valence-corrected chi connectivity index (χ4v) is 3.61. The molecule has 0 fully saturated rings. The Balaban J connectivity index is 1.92. The molecule has 2 heterocycles. The predicted molar refractivity (Wildman–Crippen MR) is 101 cm³/mol. The number of amides is 1. The average molecular weight is 383 g/mol. The second-order valence-electron chi connectivity index (χ2n) is 5.56. The van der Waals surface area contributed by atoms with E-state index in [-0.39, 0.29) is 17.9 Å². The first kappa shape index (κ1) is 18.5. The maximum atomic E-state index is 12.7. The number of ketones is 1. The van der Waals surface area contributed by atoms with Crippen molar-refractivity contribution >= 4 is 23.0 Å². The van der Waals surface area contributed by atoms with Crippen molar-refractivity contribution in [1.29, 1.82) is 0 Å². The number of hydrogen-bond donors (Lipinski definition) is 1. The lowest BCUT2D eigenvalue weighted by atomic mass is 10.1. The molecule has 2 aromatic heterocycles. The minimum Gasteiger partial charge on any atom is -0.493 e. The minimum atomic E-state index is -0.665. The lowest BCUT2D eigenvalue weighted by Gasteiger charge is -2.08. The van der Waals surface area contributed by atoms with Gasteiger partial charge in [-0.1, -0.05) is 0 Å². The van der Waals surface area contributed by atoms with E-state index in [0.717, 1.165) is 5.56 Å². The van der Waals surface area contributed by atoms with Gasteiger partial charge in [0.05, 0.1) is 14.2 Å². The number of nitrogens with two attached hydrogens (primary N) is 1. The van der Waals surface area contributed by atoms with Gasteiger partial charge in [-0.25, -0.2) is 4.98 Å². The summed E-state index contributed by atoms with van der Waals surface area (Å²) in [4.78, 5) is 33.3. The number of carbonyl (C=O) groups excluding carboxylic acids is 2. The molecule has 0 aliphatic rings. The number of primary amides is 1. The van der Waals surface area contributed by atoms with Crippen LogP contribution in [0.25, 0.3) is 10.6 Å². The second kappa shape index (κ2) is 7.96. The number of pyridine rings is 1. The summed E-state index contributed by atoms with van der Waals surface area (Å²) in [6.45, 7) is 0. The Morgan fingerprint density at radius 1 is 1.07 bits per heavy atom. The standard InChI is InChI=1S/C19H17N3O4S/c1-25-14-4-3-12(9-15(14)26-2)13(23)10-16-17(18(20)24)22-19(27-16)11-5-7-21-8-6-11/h3-9H,10H2,1-2H3,(H2,20,24). The first-order valence-corrected chi connectivity index (χ1v) is 8.80. The molecule has 0 unspecified atom stereocenters. The van der Waals surface area contributed by atoms with Crippen molar-refractivity contribution in [2.45, 2.75) is 6.42 Å². The third-order valence-electron chi connectivity index (χ3n) is 3.88. The normalized spacial score (nSPS) is 10.4. The third-order valence-corrected chi connectivity index (χ3v) is 4.99. The van der Waals surface area contributed by atoms with Gasteiger partial charge in [0.15, 0.2) is 17.3 Å². The fourth-order valence-electron chi connectivity index (χ4n) is 2.54. The molecular formula is C19H17N3O4S. The number of Topliss-reactive ketones (excluding diaryl/α,β-unsaturated/α-hetero) is 1. The Hall–Kier alpha value is -3.26. The van der Waals surface area contributed by atoms with Crippen LogP contribution in [-0.2, 0) is 6.42 Å². The number of aromatic nitrogens is 2. The van der Waals surface area contributed by atoms with Crippen LogP contribution in [-0.4, -0.2) is 35.9 Å². The summed E-state index contributed by atoms with van der Waals surface area (Å²) < 4.78 is 10.4. The number of ether oxygens (including phenoxy) is 2. The van der Waals surface area contributed by atoms with Gasteiger partial charge in [0.1, 0.15) is 10.7 Å². The number of nitrogens with zero attached hydrogens (tertiary/aromatic N) is 2. The van der Waals surface area contributed by atoms with Crippen molar-refractivity contribution < 1.29 is 19.1 Å². The van der Waals surface area contributed by atoms with Crippen molar-refractivity contribution in [1.82, 2.24) is 9.97 Å². The molecule has 27 heavy (non-hydrogen) atoms. The smallest absolute Gasteiger partial charge is 0.268 e. The van der Waals surface area contributed by atoms with Crippen LogP contribution in [0.15, 0.2) is 42.7 Å². The van der Waals surface area contributed by atoms with Gasteiger partial charge < -0.3 is 15.2 Å². The van der Waals surface area contributed by atoms with E-state index >= 15 is 0 Å². The van der Waals surface area contributed by atoms with E-state index in [9.17, 15) is 9.59 Å². The highest BCUT2D eigenvalue weighted by atomic mass is 32.1. The van der Waals surface area contributed by atoms with E-state index in [4.69, 9.17) is 15.2 Å². The molecule has 8 heteroatoms. The second-order valence-corrected chi connectivity index (χ2v) is 6.64. The van der Waals surface area contributed by atoms with Crippen molar-refractivity contribution in [3.8, 4) is 22.1 Å². The lowest BCUT2D eigenvalue weighted by Crippen LogP contribution is -2.15. The molecule has 7 nitrogen and oxygen atoms in total. The van der Waals surface area contributed by atoms with Crippen LogP contribution in [0.4, 0.5) is 0 Å². The highest BCUT2D eigenvalue weighted by Crippen LogP contribution is 2.31. The van der Waals surface area contributed by atoms with Gasteiger partial charge in [-0.3, -0.25) is 14.6 Å². The molecule has 3 rings (SSSR count). The first-order valence-electron chi connectivity index (χ1n) is 7.98. The van der Waals surface area contributed by atoms with Gasteiger partial charge in [-0.2, -0.15) is 0 Å². The number of benzene rings is 1. The zero-order chi connectivity index (χ0) is 19.4. The van der Waals surface area contributed by atoms with Gasteiger partial charge in [-0.15, -0.1) is 11.3 Å². The molecule has 3 aromatic rings. The molecule has 2 N–H and O–H groups in total. The monoisotopic (exact) mass is 383 g/mol. The molecule has 138 valence electrons. The third kappa shape index (κ3) is 3.95. The van der Waals surface area contributed by atoms with Crippen molar-refractivity contribution in [3.63, 3.8) is 0 Å². The van der Waals surface area contributed by atoms with Gasteiger partial charge in [0, 0.05) is 34.8 Å². The predicted octanol–water partition coefficient (Wildman–Crippen LogP) is 2.75. The number of hydrogen-bond acceptors (Lipinski definition) is 7. The minimum absolute atomic E-state index is 0.0104. The Bertz CT molecular complexity index is 986. The van der Waals surface area contributed by atoms with Gasteiger partial charge >= 0.3 is 0 Å². The number of carbonyl (C=O) groups is 2. The SMILES string of the molecule is COc1ccc(C(=O)Cc2sc(-c3ccncc3)nc2C(N)=O)cc1OC. The van der Waals surface area contributed by atoms with Crippen LogP contribution in [0.2, 0.25) is 0 Å². The Kier molecular flexibility index (Phi) is 5.46. The fraction of sp³-hybridized carbons (Fsp3) is 0.158. The zero-order valence-corrected chi connectivity index (χ0v) is 15.6. The number of thiazole rings is 1. The van der Waals surface area contributed by atoms with E-state index < -0.39 is 5.91 Å². The van der Waals surface area contributed by atoms with Crippen LogP contribution in [0, 0.1) is 0 Å². The quantitative estimate of drug-likeness (QED) is 0.629. The average Bonchev–Trinajstić information content (AvgIpc) is 3.12. The topological polar surface area (TPSA) is 104 Å². The summed E-state index contributed by atoms with van der Waals surface area (Å²) in [5, 5.41) is 0.612. The molecule has 0 saturated carbocycles. The van der Waals surface area contributed by atoms with E-state index in [1.165, 1.54) is 25.6 Å². The van der Waals surface area contributed by atoms with Crippen molar-refractivity contribution in [2.75, 3.05) is 14.2 Å². The van der Waals surface area contributed by atoms with E-state index in [2.05, 4.69) is 9.97 Å². The first-order chi connectivity index (χ1) is 13.0. The molecule has 0 spiro atoms. The Labute approximate surface area is 159 Å². The number of methoxy groups -OCH3 is 2. The van der Waals surface area contributed by atoms with Crippen LogP contribution in [0.3, 0.4) is 0 Å². The summed E-state index contributed by atoms with van der Waals surface area (Å²) in [5.41, 5.74) is 6.81. The highest BCUT2D eigenvalue weighted by molar-refractivity contribution is 7.15. The summed E-state index contributed by atoms with van der Waals surface area (Å²) in [6.07, 6.45) is 3.28. The zero-order valence-electron chi connectivity index (χ0n) is 14.8. The number of rotatable bonds is 7. The van der Waals surface area contributed by atoms with Crippen molar-refractivity contribution in [2.24, 2.45) is 5.73 Å². The summed E-state index contributed by atoms with van der Waals surface area (Å²) in [6, 6.07) is 8.48. The lowest BCUT2D eigenvalue weighted by molar-refractivity contribution is 0.0991. The highest BCUT2D eigenvalue weighted by Gasteiger charge is 2.20. The molecule has 0 aliphatic carbocycles. The summed E-state index contributed by atoms with van der Waals surface area (Å²) in [5.74, 6) is 0.148. The van der Waals surface area contributed by atoms with E-state index in [1.807, 2.05) is 0 Å². The van der Waals surface area contributed by atoms with Crippen molar-refractivity contribution in [3.05, 3.63) is 58.9 Å². The van der Waals surface area contributed by atoms with Gasteiger partial charge in [0.2, 0.25) is 0 Å². The molecule has 0 atom stereocenters. The molecule has 0 saturated heterocycles. The molecule has 1 amide bonds. The molecular weight excluding hydrogens is 366 g/mol. The van der Waals surface area contributed by atoms with Gasteiger partial charge in [0.25, 0.3) is 5.91 Å². The van der Waals surface area contributed by atoms with Crippen LogP contribution < -0.4 is 15.2 Å². The van der Waals surface area contributed by atoms with Crippen LogP contribution in [0.5, 0.6) is 11.5 Å². The molecule has 0 aliphatic heterocycles. The molecule has 0 radical (unpaired) electrons. The van der Waals surface area contributed by atoms with Crippen LogP contribution in [0.1, 0.15) is 25.7 Å². The van der Waals surface area contributed by atoms with Crippen LogP contribution >= 0.6 is 11.3 Å². The largest absolute Gasteiger partial charge is 0.493 e. The summed E-state index contributed by atoms with van der Waals surface area (Å²) >= 11 is 1.27. The van der Waals surface area contributed by atoms with Gasteiger partial charge in [-0.05, 0) is 30.3 Å². The maximum Gasteiger partial charge on any atom is 0.268 e. The Morgan fingerprint density at radius 2 is 1.78 bits per heavy atom. The van der Waals surface area contributed by atoms with E-state index in [1.54, 1.807) is 42.7 Å². The maximum absolute atomic E-state index is 12.7. The molecule has 1 aromatic carbocycles. The molecule has 0 bridgehead atoms. The summed E-state index contributed by atoms with van der Waals surface area (Å²) in [7, 11) is 3.03. The Morgan fingerprint density at radius 3 is 2.41 bits per heavy atom. The van der Waals surface area contributed by atoms with E-state index in [0.29, 0.717) is 26.9 Å².